The first kappa shape index (κ1) is 14.9. The van der Waals surface area contributed by atoms with Crippen molar-refractivity contribution in [2.45, 2.75) is 0 Å². The number of likely N-dealkylation sites (N-methyl/N-ethyl adjacent to an activating group) is 1. The molecule has 1 aliphatic rings. The van der Waals surface area contributed by atoms with E-state index in [0.29, 0.717) is 0 Å². The second-order valence-corrected chi connectivity index (χ2v) is 6.51. The molecule has 1 aromatic rings. The molecule has 1 aromatic carbocycles. The van der Waals surface area contributed by atoms with Crippen molar-refractivity contribution in [2.24, 2.45) is 0 Å². The van der Waals surface area contributed by atoms with Crippen molar-refractivity contribution in [3.8, 4) is 0 Å². The minimum absolute atomic E-state index is 0.845. The lowest BCUT2D eigenvalue weighted by Crippen LogP contribution is -2.48. The average molecular weight is 374 g/mol. The summed E-state index contributed by atoms with van der Waals surface area (Å²) in [7, 11) is 4.26. The summed E-state index contributed by atoms with van der Waals surface area (Å²) in [4.78, 5) is 7.25. The van der Waals surface area contributed by atoms with Crippen LogP contribution >= 0.6 is 22.6 Å². The maximum Gasteiger partial charge on any atom is 0.0504 e. The lowest BCUT2D eigenvalue weighted by atomic mass is 10.2. The minimum atomic E-state index is 0.845. The van der Waals surface area contributed by atoms with E-state index < -0.39 is 0 Å². The van der Waals surface area contributed by atoms with Crippen LogP contribution in [0.25, 0.3) is 0 Å². The zero-order chi connectivity index (χ0) is 13.8. The fraction of sp³-hybridized carbons (Fsp3) is 0.571. The molecular formula is C14H23IN4. The van der Waals surface area contributed by atoms with Gasteiger partial charge in [0.15, 0.2) is 0 Å². The van der Waals surface area contributed by atoms with Crippen LogP contribution < -0.4 is 10.6 Å². The molecule has 0 aromatic heterocycles. The quantitative estimate of drug-likeness (QED) is 0.641. The first-order valence-electron chi connectivity index (χ1n) is 6.73. The molecule has 106 valence electrons. The molecule has 5 heteroatoms. The second kappa shape index (κ2) is 6.76. The Morgan fingerprint density at radius 1 is 1.21 bits per heavy atom. The first-order valence-corrected chi connectivity index (χ1v) is 7.81. The molecule has 1 saturated heterocycles. The number of nitrogen functional groups attached to an aromatic ring is 1. The van der Waals surface area contributed by atoms with Crippen molar-refractivity contribution in [1.29, 1.82) is 0 Å². The molecule has 2 N–H and O–H groups in total. The van der Waals surface area contributed by atoms with Crippen molar-refractivity contribution in [1.82, 2.24) is 9.80 Å². The van der Waals surface area contributed by atoms with E-state index >= 15 is 0 Å². The van der Waals surface area contributed by atoms with E-state index in [9.17, 15) is 0 Å². The van der Waals surface area contributed by atoms with Crippen molar-refractivity contribution < 1.29 is 0 Å². The average Bonchev–Trinajstić information content (AvgIpc) is 2.37. The Kier molecular flexibility index (Phi) is 5.29. The molecule has 0 spiro atoms. The molecular weight excluding hydrogens is 351 g/mol. The van der Waals surface area contributed by atoms with Gasteiger partial charge in [-0.2, -0.15) is 0 Å². The third-order valence-electron chi connectivity index (χ3n) is 3.55. The van der Waals surface area contributed by atoms with Gasteiger partial charge in [-0.25, -0.2) is 0 Å². The zero-order valence-corrected chi connectivity index (χ0v) is 13.9. The Labute approximate surface area is 129 Å². The Balaban J connectivity index is 1.89. The predicted molar refractivity (Wildman–Crippen MR) is 90.8 cm³/mol. The summed E-state index contributed by atoms with van der Waals surface area (Å²) < 4.78 is 1.25. The van der Waals surface area contributed by atoms with E-state index in [0.717, 1.165) is 38.4 Å². The third-order valence-corrected chi connectivity index (χ3v) is 4.41. The van der Waals surface area contributed by atoms with Gasteiger partial charge >= 0.3 is 0 Å². The van der Waals surface area contributed by atoms with Crippen molar-refractivity contribution in [2.75, 3.05) is 64.0 Å². The molecule has 0 bridgehead atoms. The molecule has 1 aliphatic heterocycles. The number of halogens is 1. The molecule has 0 saturated carbocycles. The fourth-order valence-electron chi connectivity index (χ4n) is 2.33. The SMILES string of the molecule is CN(C)CCN1CCN(c2ccc(N)cc2I)CC1. The molecule has 1 fully saturated rings. The van der Waals surface area contributed by atoms with E-state index in [1.165, 1.54) is 15.8 Å². The van der Waals surface area contributed by atoms with Gasteiger partial charge in [-0.05, 0) is 54.9 Å². The van der Waals surface area contributed by atoms with E-state index in [1.54, 1.807) is 0 Å². The van der Waals surface area contributed by atoms with E-state index in [-0.39, 0.29) is 0 Å². The highest BCUT2D eigenvalue weighted by Crippen LogP contribution is 2.25. The molecule has 0 aliphatic carbocycles. The lowest BCUT2D eigenvalue weighted by molar-refractivity contribution is 0.229. The summed E-state index contributed by atoms with van der Waals surface area (Å²) in [5.74, 6) is 0. The Hall–Kier alpha value is -0.530. The second-order valence-electron chi connectivity index (χ2n) is 5.34. The van der Waals surface area contributed by atoms with E-state index in [2.05, 4.69) is 57.5 Å². The number of piperazine rings is 1. The van der Waals surface area contributed by atoms with Gasteiger partial charge in [0, 0.05) is 48.5 Å². The van der Waals surface area contributed by atoms with Gasteiger partial charge in [0.1, 0.15) is 0 Å². The summed E-state index contributed by atoms with van der Waals surface area (Å²) in [6.45, 7) is 6.81. The molecule has 4 nitrogen and oxygen atoms in total. The molecule has 2 rings (SSSR count). The molecule has 0 radical (unpaired) electrons. The van der Waals surface area contributed by atoms with Crippen LogP contribution in [0.2, 0.25) is 0 Å². The molecule has 0 unspecified atom stereocenters. The zero-order valence-electron chi connectivity index (χ0n) is 11.8. The number of anilines is 2. The van der Waals surface area contributed by atoms with Gasteiger partial charge in [-0.15, -0.1) is 0 Å². The Morgan fingerprint density at radius 3 is 2.47 bits per heavy atom. The van der Waals surface area contributed by atoms with Crippen LogP contribution in [0, 0.1) is 3.57 Å². The summed E-state index contributed by atoms with van der Waals surface area (Å²) in [5.41, 5.74) is 7.98. The maximum atomic E-state index is 5.81. The van der Waals surface area contributed by atoms with Crippen LogP contribution in [0.15, 0.2) is 18.2 Å². The lowest BCUT2D eigenvalue weighted by Gasteiger charge is -2.37. The Bertz CT molecular complexity index is 414. The van der Waals surface area contributed by atoms with Gasteiger partial charge in [0.2, 0.25) is 0 Å². The summed E-state index contributed by atoms with van der Waals surface area (Å²) in [5, 5.41) is 0. The van der Waals surface area contributed by atoms with Gasteiger partial charge in [0.05, 0.1) is 5.69 Å². The highest BCUT2D eigenvalue weighted by Gasteiger charge is 2.18. The minimum Gasteiger partial charge on any atom is -0.399 e. The van der Waals surface area contributed by atoms with Crippen molar-refractivity contribution in [3.05, 3.63) is 21.8 Å². The molecule has 19 heavy (non-hydrogen) atoms. The van der Waals surface area contributed by atoms with Crippen molar-refractivity contribution >= 4 is 34.0 Å². The summed E-state index contributed by atoms with van der Waals surface area (Å²) in [6.07, 6.45) is 0. The summed E-state index contributed by atoms with van der Waals surface area (Å²) in [6, 6.07) is 6.19. The first-order chi connectivity index (χ1) is 9.06. The van der Waals surface area contributed by atoms with E-state index in [4.69, 9.17) is 5.73 Å². The monoisotopic (exact) mass is 374 g/mol. The number of benzene rings is 1. The standard InChI is InChI=1S/C14H23IN4/c1-17(2)5-6-18-7-9-19(10-8-18)14-4-3-12(16)11-13(14)15/h3-4,11H,5-10,16H2,1-2H3. The van der Waals surface area contributed by atoms with E-state index in [1.807, 2.05) is 12.1 Å². The fourth-order valence-corrected chi connectivity index (χ4v) is 3.21. The number of nitrogens with two attached hydrogens (primary N) is 1. The molecule has 0 atom stereocenters. The number of nitrogens with zero attached hydrogens (tertiary/aromatic N) is 3. The number of hydrogen-bond donors (Lipinski definition) is 1. The third kappa shape index (κ3) is 4.22. The topological polar surface area (TPSA) is 35.7 Å². The van der Waals surface area contributed by atoms with Crippen LogP contribution in [0.5, 0.6) is 0 Å². The van der Waals surface area contributed by atoms with Gasteiger partial charge in [-0.1, -0.05) is 0 Å². The molecule has 0 amide bonds. The number of hydrogen-bond acceptors (Lipinski definition) is 4. The largest absolute Gasteiger partial charge is 0.399 e. The predicted octanol–water partition coefficient (Wildman–Crippen LogP) is 1.56. The van der Waals surface area contributed by atoms with Gasteiger partial charge in [-0.3, -0.25) is 4.90 Å². The molecule has 1 heterocycles. The van der Waals surface area contributed by atoms with Crippen molar-refractivity contribution in [3.63, 3.8) is 0 Å². The van der Waals surface area contributed by atoms with Crippen LogP contribution in [-0.2, 0) is 0 Å². The maximum absolute atomic E-state index is 5.81. The van der Waals surface area contributed by atoms with Crippen LogP contribution in [0.1, 0.15) is 0 Å². The summed E-state index contributed by atoms with van der Waals surface area (Å²) >= 11 is 2.38. The Morgan fingerprint density at radius 2 is 1.89 bits per heavy atom. The smallest absolute Gasteiger partial charge is 0.0504 e. The highest BCUT2D eigenvalue weighted by molar-refractivity contribution is 14.1. The van der Waals surface area contributed by atoms with Crippen LogP contribution in [0.4, 0.5) is 11.4 Å². The highest BCUT2D eigenvalue weighted by atomic mass is 127. The van der Waals surface area contributed by atoms with Gasteiger partial charge in [0.25, 0.3) is 0 Å². The normalized spacial score (nSPS) is 17.2. The van der Waals surface area contributed by atoms with Crippen LogP contribution in [0.3, 0.4) is 0 Å². The van der Waals surface area contributed by atoms with Crippen LogP contribution in [-0.4, -0.2) is 63.2 Å². The van der Waals surface area contributed by atoms with Gasteiger partial charge < -0.3 is 15.5 Å². The number of rotatable bonds is 4.